The number of hydrogen-bond donors (Lipinski definition) is 1. The van der Waals surface area contributed by atoms with Crippen LogP contribution in [-0.2, 0) is 6.42 Å². The molecule has 3 rings (SSSR count). The van der Waals surface area contributed by atoms with E-state index in [1.165, 1.54) is 0 Å². The molecule has 1 heterocycles. The standard InChI is InChI=1S/C21H21ClN2O/c1-13-6-4-5-7-18(13)21-19(12-16-8-10-17(22)11-9-16)20(15(3)25)14(2)24(21)23/h4-11H,12,23H2,1-3H3. The van der Waals surface area contributed by atoms with Crippen LogP contribution in [0.4, 0.5) is 0 Å². The molecule has 0 aliphatic carbocycles. The van der Waals surface area contributed by atoms with Crippen molar-refractivity contribution in [2.24, 2.45) is 0 Å². The van der Waals surface area contributed by atoms with Crippen molar-refractivity contribution in [2.45, 2.75) is 27.2 Å². The summed E-state index contributed by atoms with van der Waals surface area (Å²) in [5.74, 6) is 6.39. The molecule has 0 amide bonds. The van der Waals surface area contributed by atoms with E-state index in [-0.39, 0.29) is 5.78 Å². The van der Waals surface area contributed by atoms with Crippen LogP contribution < -0.4 is 5.84 Å². The van der Waals surface area contributed by atoms with Crippen LogP contribution in [0.5, 0.6) is 0 Å². The van der Waals surface area contributed by atoms with E-state index in [1.807, 2.05) is 49.4 Å². The third-order valence-electron chi connectivity index (χ3n) is 4.60. The predicted molar refractivity (Wildman–Crippen MR) is 104 cm³/mol. The molecule has 1 aromatic heterocycles. The average molecular weight is 353 g/mol. The van der Waals surface area contributed by atoms with Crippen LogP contribution in [0.25, 0.3) is 11.3 Å². The fraction of sp³-hybridized carbons (Fsp3) is 0.190. The minimum Gasteiger partial charge on any atom is -0.339 e. The summed E-state index contributed by atoms with van der Waals surface area (Å²) in [6.45, 7) is 5.54. The lowest BCUT2D eigenvalue weighted by Crippen LogP contribution is -2.12. The summed E-state index contributed by atoms with van der Waals surface area (Å²) in [6, 6.07) is 15.8. The van der Waals surface area contributed by atoms with Crippen LogP contribution in [0.2, 0.25) is 5.02 Å². The van der Waals surface area contributed by atoms with E-state index < -0.39 is 0 Å². The summed E-state index contributed by atoms with van der Waals surface area (Å²) in [5, 5.41) is 0.697. The first-order chi connectivity index (χ1) is 11.9. The zero-order valence-corrected chi connectivity index (χ0v) is 15.4. The highest BCUT2D eigenvalue weighted by molar-refractivity contribution is 6.30. The number of hydrogen-bond acceptors (Lipinski definition) is 2. The summed E-state index contributed by atoms with van der Waals surface area (Å²) in [5.41, 5.74) is 6.61. The van der Waals surface area contributed by atoms with Crippen LogP contribution in [0.15, 0.2) is 48.5 Å². The van der Waals surface area contributed by atoms with Gasteiger partial charge in [0.2, 0.25) is 0 Å². The minimum absolute atomic E-state index is 0.0282. The van der Waals surface area contributed by atoms with Crippen molar-refractivity contribution >= 4 is 17.4 Å². The third-order valence-corrected chi connectivity index (χ3v) is 4.85. The summed E-state index contributed by atoms with van der Waals surface area (Å²) in [7, 11) is 0. The second kappa shape index (κ2) is 6.77. The predicted octanol–water partition coefficient (Wildman–Crippen LogP) is 4.93. The van der Waals surface area contributed by atoms with Gasteiger partial charge in [0.15, 0.2) is 5.78 Å². The SMILES string of the molecule is CC(=O)c1c(Cc2ccc(Cl)cc2)c(-c2ccccc2C)n(N)c1C. The first-order valence-corrected chi connectivity index (χ1v) is 8.58. The highest BCUT2D eigenvalue weighted by atomic mass is 35.5. The number of halogens is 1. The topological polar surface area (TPSA) is 48.0 Å². The van der Waals surface area contributed by atoms with E-state index in [0.717, 1.165) is 33.6 Å². The number of nitrogens with zero attached hydrogens (tertiary/aromatic N) is 1. The number of Topliss-reactive ketones (excluding diaryl/α,β-unsaturated/α-hetero) is 1. The number of aromatic nitrogens is 1. The second-order valence-corrected chi connectivity index (χ2v) is 6.77. The van der Waals surface area contributed by atoms with Gasteiger partial charge < -0.3 is 5.84 Å². The lowest BCUT2D eigenvalue weighted by Gasteiger charge is -2.12. The molecule has 25 heavy (non-hydrogen) atoms. The van der Waals surface area contributed by atoms with Gasteiger partial charge in [-0.15, -0.1) is 0 Å². The highest BCUT2D eigenvalue weighted by Crippen LogP contribution is 2.34. The lowest BCUT2D eigenvalue weighted by atomic mass is 9.94. The maximum atomic E-state index is 12.3. The van der Waals surface area contributed by atoms with E-state index in [9.17, 15) is 4.79 Å². The van der Waals surface area contributed by atoms with Gasteiger partial charge in [0.05, 0.1) is 5.69 Å². The van der Waals surface area contributed by atoms with Crippen LogP contribution >= 0.6 is 11.6 Å². The monoisotopic (exact) mass is 352 g/mol. The summed E-state index contributed by atoms with van der Waals surface area (Å²) < 4.78 is 1.64. The maximum absolute atomic E-state index is 12.3. The van der Waals surface area contributed by atoms with Crippen molar-refractivity contribution in [3.05, 3.63) is 81.5 Å². The van der Waals surface area contributed by atoms with E-state index >= 15 is 0 Å². The molecule has 3 nitrogen and oxygen atoms in total. The molecular weight excluding hydrogens is 332 g/mol. The Morgan fingerprint density at radius 1 is 1.08 bits per heavy atom. The normalized spacial score (nSPS) is 10.9. The largest absolute Gasteiger partial charge is 0.339 e. The lowest BCUT2D eigenvalue weighted by molar-refractivity contribution is 0.101. The number of ketones is 1. The number of nitrogens with two attached hydrogens (primary N) is 1. The van der Waals surface area contributed by atoms with Crippen molar-refractivity contribution in [3.8, 4) is 11.3 Å². The summed E-state index contributed by atoms with van der Waals surface area (Å²) in [6.07, 6.45) is 0.626. The molecule has 0 spiro atoms. The van der Waals surface area contributed by atoms with Crippen LogP contribution in [0.1, 0.15) is 39.7 Å². The van der Waals surface area contributed by atoms with Gasteiger partial charge in [-0.05, 0) is 49.6 Å². The van der Waals surface area contributed by atoms with E-state index in [1.54, 1.807) is 11.6 Å². The van der Waals surface area contributed by atoms with Crippen molar-refractivity contribution in [2.75, 3.05) is 5.84 Å². The Bertz CT molecular complexity index is 939. The Balaban J connectivity index is 2.24. The Morgan fingerprint density at radius 3 is 2.32 bits per heavy atom. The molecule has 0 aliphatic heterocycles. The van der Waals surface area contributed by atoms with Gasteiger partial charge in [0.25, 0.3) is 0 Å². The average Bonchev–Trinajstić information content (AvgIpc) is 2.81. The molecule has 128 valence electrons. The van der Waals surface area contributed by atoms with Crippen molar-refractivity contribution < 1.29 is 4.79 Å². The zero-order chi connectivity index (χ0) is 18.1. The van der Waals surface area contributed by atoms with Crippen LogP contribution in [0, 0.1) is 13.8 Å². The van der Waals surface area contributed by atoms with Crippen molar-refractivity contribution in [1.29, 1.82) is 0 Å². The molecule has 0 atom stereocenters. The van der Waals surface area contributed by atoms with Gasteiger partial charge >= 0.3 is 0 Å². The molecule has 0 unspecified atom stereocenters. The minimum atomic E-state index is 0.0282. The molecule has 0 radical (unpaired) electrons. The Labute approximate surface area is 153 Å². The third kappa shape index (κ3) is 3.20. The van der Waals surface area contributed by atoms with E-state index in [4.69, 9.17) is 17.4 Å². The number of benzene rings is 2. The molecule has 2 N–H and O–H groups in total. The number of carbonyl (C=O) groups excluding carboxylic acids is 1. The first kappa shape index (κ1) is 17.3. The quantitative estimate of drug-likeness (QED) is 0.534. The number of aryl methyl sites for hydroxylation is 1. The summed E-state index contributed by atoms with van der Waals surface area (Å²) in [4.78, 5) is 12.3. The smallest absolute Gasteiger partial charge is 0.161 e. The first-order valence-electron chi connectivity index (χ1n) is 8.20. The van der Waals surface area contributed by atoms with Crippen LogP contribution in [-0.4, -0.2) is 10.5 Å². The van der Waals surface area contributed by atoms with Gasteiger partial charge in [-0.2, -0.15) is 0 Å². The fourth-order valence-corrected chi connectivity index (χ4v) is 3.47. The number of rotatable bonds is 4. The molecule has 4 heteroatoms. The second-order valence-electron chi connectivity index (χ2n) is 6.33. The molecule has 0 aliphatic rings. The zero-order valence-electron chi connectivity index (χ0n) is 14.6. The molecule has 2 aromatic carbocycles. The van der Waals surface area contributed by atoms with Crippen molar-refractivity contribution in [1.82, 2.24) is 4.68 Å². The molecule has 0 saturated heterocycles. The molecule has 3 aromatic rings. The Kier molecular flexibility index (Phi) is 4.69. The highest BCUT2D eigenvalue weighted by Gasteiger charge is 2.24. The van der Waals surface area contributed by atoms with Crippen molar-refractivity contribution in [3.63, 3.8) is 0 Å². The van der Waals surface area contributed by atoms with Gasteiger partial charge in [-0.3, -0.25) is 9.47 Å². The fourth-order valence-electron chi connectivity index (χ4n) is 3.35. The van der Waals surface area contributed by atoms with Gasteiger partial charge in [-0.25, -0.2) is 0 Å². The number of nitrogen functional groups attached to an aromatic ring is 1. The molecule has 0 saturated carbocycles. The maximum Gasteiger partial charge on any atom is 0.161 e. The van der Waals surface area contributed by atoms with Gasteiger partial charge in [-0.1, -0.05) is 48.0 Å². The summed E-state index contributed by atoms with van der Waals surface area (Å²) >= 11 is 6.00. The van der Waals surface area contributed by atoms with E-state index in [0.29, 0.717) is 17.0 Å². The molecule has 0 fully saturated rings. The number of carbonyl (C=O) groups is 1. The van der Waals surface area contributed by atoms with E-state index in [2.05, 4.69) is 13.0 Å². The Hall–Kier alpha value is -2.52. The Morgan fingerprint density at radius 2 is 1.72 bits per heavy atom. The van der Waals surface area contributed by atoms with Crippen LogP contribution in [0.3, 0.4) is 0 Å². The molecular formula is C21H21ClN2O. The van der Waals surface area contributed by atoms with Gasteiger partial charge in [0.1, 0.15) is 0 Å². The molecule has 0 bridgehead atoms. The van der Waals surface area contributed by atoms with Gasteiger partial charge in [0, 0.05) is 28.3 Å².